The van der Waals surface area contributed by atoms with E-state index in [1.165, 1.54) is 42.1 Å². The van der Waals surface area contributed by atoms with Crippen LogP contribution in [0.5, 0.6) is 0 Å². The van der Waals surface area contributed by atoms with Crippen LogP contribution in [-0.4, -0.2) is 19.1 Å². The van der Waals surface area contributed by atoms with E-state index >= 15 is 0 Å². The first-order chi connectivity index (χ1) is 25.3. The van der Waals surface area contributed by atoms with Crippen LogP contribution in [-0.2, 0) is 0 Å². The summed E-state index contributed by atoms with van der Waals surface area (Å²) in [5, 5.41) is 7.10. The van der Waals surface area contributed by atoms with Crippen molar-refractivity contribution in [2.75, 3.05) is 0 Å². The predicted octanol–water partition coefficient (Wildman–Crippen LogP) is 12.4. The fourth-order valence-corrected chi connectivity index (χ4v) is 9.07. The van der Waals surface area contributed by atoms with Crippen LogP contribution in [0.25, 0.3) is 97.8 Å². The number of rotatable bonds is 4. The minimum Gasteiger partial charge on any atom is -0.316 e. The van der Waals surface area contributed by atoms with Crippen LogP contribution in [0.4, 0.5) is 0 Å². The molecule has 0 fully saturated rings. The first kappa shape index (κ1) is 28.3. The number of benzene rings is 7. The molecule has 0 N–H and O–H groups in total. The lowest BCUT2D eigenvalue weighted by Gasteiger charge is -2.13. The third-order valence-corrected chi connectivity index (χ3v) is 11.4. The van der Waals surface area contributed by atoms with Gasteiger partial charge in [0.05, 0.1) is 32.5 Å². The molecule has 0 aliphatic heterocycles. The molecule has 11 rings (SSSR count). The zero-order valence-electron chi connectivity index (χ0n) is 27.4. The van der Waals surface area contributed by atoms with E-state index < -0.39 is 0 Å². The smallest absolute Gasteiger partial charge is 0.235 e. The van der Waals surface area contributed by atoms with E-state index in [4.69, 9.17) is 9.97 Å². The lowest BCUT2D eigenvalue weighted by Crippen LogP contribution is -2.04. The van der Waals surface area contributed by atoms with E-state index in [-0.39, 0.29) is 0 Å². The Balaban J connectivity index is 1.25. The largest absolute Gasteiger partial charge is 0.316 e. The number of nitrogens with zero attached hydrogens (tertiary/aromatic N) is 4. The number of hydrogen-bond acceptors (Lipinski definition) is 3. The van der Waals surface area contributed by atoms with Gasteiger partial charge >= 0.3 is 0 Å². The lowest BCUT2D eigenvalue weighted by atomic mass is 10.0. The minimum absolute atomic E-state index is 0.667. The van der Waals surface area contributed by atoms with Crippen molar-refractivity contribution in [2.45, 2.75) is 0 Å². The molecule has 0 aliphatic carbocycles. The maximum absolute atomic E-state index is 5.50. The van der Waals surface area contributed by atoms with Crippen LogP contribution < -0.4 is 0 Å². The summed E-state index contributed by atoms with van der Waals surface area (Å²) in [5.74, 6) is 0.667. The molecule has 0 saturated heterocycles. The van der Waals surface area contributed by atoms with Gasteiger partial charge in [0.15, 0.2) is 0 Å². The third kappa shape index (κ3) is 4.25. The van der Waals surface area contributed by atoms with Crippen LogP contribution in [0.15, 0.2) is 170 Å². The molecule has 51 heavy (non-hydrogen) atoms. The standard InChI is InChI=1S/C46H28N4S/c1-3-11-29(12-4-1)30-19-21-31(22-20-30)42-37-16-7-9-17-39(37)47-46(48-42)50-43-34(25-26-40-38(43)27-28-49(40)32-13-5-2-6-14-32)35-23-24-36-33-15-8-10-18-41(33)51-45(36)44(35)50/h1-28H. The van der Waals surface area contributed by atoms with E-state index in [2.05, 4.69) is 179 Å². The average Bonchev–Trinajstić information content (AvgIpc) is 3.90. The molecule has 0 aliphatic rings. The van der Waals surface area contributed by atoms with Crippen molar-refractivity contribution in [1.82, 2.24) is 19.1 Å². The normalized spacial score (nSPS) is 11.9. The van der Waals surface area contributed by atoms with Gasteiger partial charge < -0.3 is 4.57 Å². The van der Waals surface area contributed by atoms with Crippen LogP contribution in [0.2, 0.25) is 0 Å². The molecule has 0 saturated carbocycles. The van der Waals surface area contributed by atoms with Crippen molar-refractivity contribution in [3.8, 4) is 34.0 Å². The third-order valence-electron chi connectivity index (χ3n) is 10.2. The van der Waals surface area contributed by atoms with Crippen molar-refractivity contribution in [3.63, 3.8) is 0 Å². The Morgan fingerprint density at radius 2 is 1.08 bits per heavy atom. The molecule has 4 nitrogen and oxygen atoms in total. The van der Waals surface area contributed by atoms with Gasteiger partial charge in [0.2, 0.25) is 5.95 Å². The summed E-state index contributed by atoms with van der Waals surface area (Å²) in [6.45, 7) is 0. The highest BCUT2D eigenvalue weighted by atomic mass is 32.1. The highest BCUT2D eigenvalue weighted by Crippen LogP contribution is 2.45. The van der Waals surface area contributed by atoms with Crippen molar-refractivity contribution in [1.29, 1.82) is 0 Å². The van der Waals surface area contributed by atoms with Gasteiger partial charge in [0.25, 0.3) is 0 Å². The number of fused-ring (bicyclic) bond motifs is 10. The molecule has 0 unspecified atom stereocenters. The summed E-state index contributed by atoms with van der Waals surface area (Å²) >= 11 is 1.84. The maximum Gasteiger partial charge on any atom is 0.235 e. The zero-order valence-corrected chi connectivity index (χ0v) is 28.2. The predicted molar refractivity (Wildman–Crippen MR) is 214 cm³/mol. The fraction of sp³-hybridized carbons (Fsp3) is 0. The second-order valence-electron chi connectivity index (χ2n) is 13.0. The Labute approximate surface area is 297 Å². The van der Waals surface area contributed by atoms with Gasteiger partial charge in [-0.3, -0.25) is 4.57 Å². The summed E-state index contributed by atoms with van der Waals surface area (Å²) in [6.07, 6.45) is 2.18. The maximum atomic E-state index is 5.50. The summed E-state index contributed by atoms with van der Waals surface area (Å²) in [7, 11) is 0. The first-order valence-corrected chi connectivity index (χ1v) is 18.0. The molecule has 5 heteroatoms. The number of hydrogen-bond donors (Lipinski definition) is 0. The Kier molecular flexibility index (Phi) is 6.09. The SMILES string of the molecule is c1ccc(-c2ccc(-c3nc(-n4c5c(ccc6c5ccn6-c5ccccc5)c5ccc6c7ccccc7sc6c54)nc4ccccc34)cc2)cc1. The summed E-state index contributed by atoms with van der Waals surface area (Å²) in [6, 6.07) is 58.3. The van der Waals surface area contributed by atoms with Gasteiger partial charge in [-0.2, -0.15) is 0 Å². The molecule has 7 aromatic carbocycles. The Morgan fingerprint density at radius 1 is 0.431 bits per heavy atom. The second-order valence-corrected chi connectivity index (χ2v) is 14.1. The van der Waals surface area contributed by atoms with E-state index in [0.717, 1.165) is 49.8 Å². The summed E-state index contributed by atoms with van der Waals surface area (Å²) < 4.78 is 7.13. The van der Waals surface area contributed by atoms with E-state index in [1.54, 1.807) is 0 Å². The lowest BCUT2D eigenvalue weighted by molar-refractivity contribution is 1.02. The average molecular weight is 669 g/mol. The van der Waals surface area contributed by atoms with E-state index in [1.807, 2.05) is 11.3 Å². The topological polar surface area (TPSA) is 35.6 Å². The van der Waals surface area contributed by atoms with Crippen molar-refractivity contribution in [2.24, 2.45) is 0 Å². The fourth-order valence-electron chi connectivity index (χ4n) is 7.83. The molecule has 4 heterocycles. The van der Waals surface area contributed by atoms with Gasteiger partial charge in [-0.05, 0) is 47.5 Å². The first-order valence-electron chi connectivity index (χ1n) is 17.2. The number of aromatic nitrogens is 4. The summed E-state index contributed by atoms with van der Waals surface area (Å²) in [4.78, 5) is 10.8. The van der Waals surface area contributed by atoms with Crippen LogP contribution in [0.3, 0.4) is 0 Å². The van der Waals surface area contributed by atoms with Crippen LogP contribution in [0.1, 0.15) is 0 Å². The van der Waals surface area contributed by atoms with E-state index in [0.29, 0.717) is 5.95 Å². The Hall–Kier alpha value is -6.56. The highest BCUT2D eigenvalue weighted by Gasteiger charge is 2.23. The van der Waals surface area contributed by atoms with Crippen LogP contribution in [0, 0.1) is 0 Å². The molecule has 0 bridgehead atoms. The summed E-state index contributed by atoms with van der Waals surface area (Å²) in [5.41, 5.74) is 9.79. The second kappa shape index (κ2) is 11.0. The molecule has 0 amide bonds. The van der Waals surface area contributed by atoms with Crippen LogP contribution >= 0.6 is 11.3 Å². The monoisotopic (exact) mass is 668 g/mol. The Bertz CT molecular complexity index is 3120. The van der Waals surface area contributed by atoms with Crippen molar-refractivity contribution in [3.05, 3.63) is 170 Å². The number of thiophene rings is 1. The zero-order chi connectivity index (χ0) is 33.5. The van der Waals surface area contributed by atoms with E-state index in [9.17, 15) is 0 Å². The molecular formula is C46H28N4S. The highest BCUT2D eigenvalue weighted by molar-refractivity contribution is 7.26. The molecule has 0 radical (unpaired) electrons. The molecule has 238 valence electrons. The van der Waals surface area contributed by atoms with Gasteiger partial charge in [0.1, 0.15) is 0 Å². The van der Waals surface area contributed by atoms with Gasteiger partial charge in [-0.25, -0.2) is 9.97 Å². The molecule has 0 spiro atoms. The van der Waals surface area contributed by atoms with Gasteiger partial charge in [-0.15, -0.1) is 11.3 Å². The minimum atomic E-state index is 0.667. The van der Waals surface area contributed by atoms with Crippen molar-refractivity contribution >= 4 is 75.1 Å². The Morgan fingerprint density at radius 3 is 1.92 bits per heavy atom. The van der Waals surface area contributed by atoms with Gasteiger partial charge in [-0.1, -0.05) is 127 Å². The van der Waals surface area contributed by atoms with Gasteiger partial charge in [0, 0.05) is 54.5 Å². The molecule has 4 aromatic heterocycles. The van der Waals surface area contributed by atoms with Crippen molar-refractivity contribution < 1.29 is 0 Å². The molecular weight excluding hydrogens is 641 g/mol. The number of para-hydroxylation sites is 2. The molecule has 11 aromatic rings. The quantitative estimate of drug-likeness (QED) is 0.187. The molecule has 0 atom stereocenters.